The maximum Gasteiger partial charge on any atom is 0.341 e. The Labute approximate surface area is 182 Å². The third-order valence-corrected chi connectivity index (χ3v) is 4.74. The second kappa shape index (κ2) is 9.17. The van der Waals surface area contributed by atoms with E-state index in [9.17, 15) is 14.9 Å². The predicted octanol–water partition coefficient (Wildman–Crippen LogP) is 4.41. The van der Waals surface area contributed by atoms with Crippen LogP contribution in [0.1, 0.15) is 11.1 Å². The summed E-state index contributed by atoms with van der Waals surface area (Å²) in [5, 5.41) is 20.3. The highest BCUT2D eigenvalue weighted by Crippen LogP contribution is 2.28. The molecule has 162 valence electrons. The van der Waals surface area contributed by atoms with Crippen LogP contribution >= 0.6 is 0 Å². The zero-order valence-electron chi connectivity index (χ0n) is 16.9. The highest BCUT2D eigenvalue weighted by Gasteiger charge is 2.20. The van der Waals surface area contributed by atoms with E-state index in [0.717, 1.165) is 5.56 Å². The molecule has 9 heteroatoms. The Morgan fingerprint density at radius 1 is 1.06 bits per heavy atom. The molecule has 0 bridgehead atoms. The van der Waals surface area contributed by atoms with Gasteiger partial charge in [0, 0.05) is 18.2 Å². The molecular weight excluding hydrogens is 414 g/mol. The molecule has 0 unspecified atom stereocenters. The second-order valence-electron chi connectivity index (χ2n) is 7.04. The number of carboxylic acids is 1. The first kappa shape index (κ1) is 20.9. The average molecular weight is 433 g/mol. The minimum absolute atomic E-state index is 0.00662. The van der Waals surface area contributed by atoms with Crippen LogP contribution in [-0.2, 0) is 17.9 Å². The van der Waals surface area contributed by atoms with Crippen molar-refractivity contribution in [1.82, 2.24) is 4.98 Å². The third-order valence-electron chi connectivity index (χ3n) is 4.74. The van der Waals surface area contributed by atoms with Gasteiger partial charge in [-0.1, -0.05) is 42.5 Å². The van der Waals surface area contributed by atoms with Gasteiger partial charge in [0.05, 0.1) is 11.5 Å². The number of aromatic nitrogens is 1. The predicted molar refractivity (Wildman–Crippen MR) is 117 cm³/mol. The van der Waals surface area contributed by atoms with Crippen LogP contribution in [0.3, 0.4) is 0 Å². The van der Waals surface area contributed by atoms with Gasteiger partial charge in [0.15, 0.2) is 12.2 Å². The summed E-state index contributed by atoms with van der Waals surface area (Å²) in [6.45, 7) is 0.0435. The largest absolute Gasteiger partial charge is 0.482 e. The summed E-state index contributed by atoms with van der Waals surface area (Å²) in [5.74, 6) is -0.659. The van der Waals surface area contributed by atoms with Crippen molar-refractivity contribution in [1.29, 1.82) is 0 Å². The fraction of sp³-hybridized carbons (Fsp3) is 0.130. The van der Waals surface area contributed by atoms with Crippen LogP contribution in [-0.4, -0.2) is 27.6 Å². The Kier molecular flexibility index (Phi) is 5.98. The number of carboxylic acid groups (broad SMARTS) is 1. The van der Waals surface area contributed by atoms with E-state index in [4.69, 9.17) is 14.3 Å². The molecule has 0 aliphatic carbocycles. The van der Waals surface area contributed by atoms with Crippen molar-refractivity contribution in [3.63, 3.8) is 0 Å². The van der Waals surface area contributed by atoms with Crippen LogP contribution in [0.25, 0.3) is 11.1 Å². The van der Waals surface area contributed by atoms with Gasteiger partial charge in [0.25, 0.3) is 11.7 Å². The smallest absolute Gasteiger partial charge is 0.341 e. The lowest BCUT2D eigenvalue weighted by Crippen LogP contribution is -2.23. The molecule has 1 heterocycles. The van der Waals surface area contributed by atoms with Gasteiger partial charge in [-0.05, 0) is 29.8 Å². The summed E-state index contributed by atoms with van der Waals surface area (Å²) in [4.78, 5) is 28.2. The Bertz CT molecular complexity index is 1240. The lowest BCUT2D eigenvalue weighted by molar-refractivity contribution is -0.385. The number of hydrogen-bond donors (Lipinski definition) is 1. The molecule has 4 rings (SSSR count). The van der Waals surface area contributed by atoms with Gasteiger partial charge in [0.1, 0.15) is 11.3 Å². The van der Waals surface area contributed by atoms with E-state index in [-0.39, 0.29) is 12.2 Å². The van der Waals surface area contributed by atoms with Gasteiger partial charge >= 0.3 is 5.97 Å². The number of hydrogen-bond acceptors (Lipinski definition) is 7. The van der Waals surface area contributed by atoms with Crippen molar-refractivity contribution in [2.45, 2.75) is 13.1 Å². The maximum atomic E-state index is 11.5. The molecule has 0 aliphatic heterocycles. The monoisotopic (exact) mass is 433 g/mol. The van der Waals surface area contributed by atoms with E-state index in [1.165, 1.54) is 6.07 Å². The normalized spacial score (nSPS) is 10.8. The summed E-state index contributed by atoms with van der Waals surface area (Å²) in [6, 6.07) is 21.1. The number of nitro groups is 1. The highest BCUT2D eigenvalue weighted by molar-refractivity contribution is 5.74. The van der Waals surface area contributed by atoms with Crippen LogP contribution in [0.5, 0.6) is 5.75 Å². The lowest BCUT2D eigenvalue weighted by Gasteiger charge is -2.21. The molecule has 1 N–H and O–H groups in total. The van der Waals surface area contributed by atoms with Crippen LogP contribution < -0.4 is 9.64 Å². The molecule has 0 atom stereocenters. The number of fused-ring (bicyclic) bond motifs is 1. The van der Waals surface area contributed by atoms with Crippen molar-refractivity contribution >= 4 is 28.8 Å². The Balaban J connectivity index is 1.67. The molecule has 0 radical (unpaired) electrons. The maximum absolute atomic E-state index is 11.5. The van der Waals surface area contributed by atoms with Crippen molar-refractivity contribution in [3.05, 3.63) is 94.0 Å². The minimum atomic E-state index is -1.07. The van der Waals surface area contributed by atoms with Crippen LogP contribution in [0.4, 0.5) is 11.7 Å². The van der Waals surface area contributed by atoms with Gasteiger partial charge in [-0.25, -0.2) is 4.79 Å². The van der Waals surface area contributed by atoms with E-state index in [2.05, 4.69) is 4.98 Å². The number of nitrogens with zero attached hydrogens (tertiary/aromatic N) is 3. The number of aliphatic carboxylic acids is 1. The first-order chi connectivity index (χ1) is 15.5. The molecule has 0 fully saturated rings. The summed E-state index contributed by atoms with van der Waals surface area (Å²) >= 11 is 0. The fourth-order valence-electron chi connectivity index (χ4n) is 3.31. The van der Waals surface area contributed by atoms with E-state index >= 15 is 0 Å². The zero-order chi connectivity index (χ0) is 22.5. The van der Waals surface area contributed by atoms with Crippen molar-refractivity contribution < 1.29 is 24.0 Å². The fourth-order valence-corrected chi connectivity index (χ4v) is 3.31. The molecule has 0 aliphatic rings. The summed E-state index contributed by atoms with van der Waals surface area (Å²) in [5.41, 5.74) is 2.60. The topological polar surface area (TPSA) is 119 Å². The van der Waals surface area contributed by atoms with Crippen LogP contribution in [0.15, 0.2) is 77.2 Å². The number of para-hydroxylation sites is 3. The molecule has 0 saturated carbocycles. The molecule has 0 spiro atoms. The lowest BCUT2D eigenvalue weighted by atomic mass is 10.1. The number of rotatable bonds is 9. The van der Waals surface area contributed by atoms with Gasteiger partial charge in [-0.2, -0.15) is 4.98 Å². The molecule has 1 aromatic heterocycles. The summed E-state index contributed by atoms with van der Waals surface area (Å²) in [7, 11) is 0. The van der Waals surface area contributed by atoms with E-state index in [1.807, 2.05) is 24.3 Å². The number of carbonyl (C=O) groups is 1. The van der Waals surface area contributed by atoms with Gasteiger partial charge in [-0.3, -0.25) is 10.1 Å². The van der Waals surface area contributed by atoms with Crippen molar-refractivity contribution in [2.75, 3.05) is 11.5 Å². The Morgan fingerprint density at radius 3 is 2.62 bits per heavy atom. The SMILES string of the molecule is O=C(O)COc1cccc(CN(Cc2ccccc2[N+](=O)[O-])c2nc3ccccc3o2)c1. The highest BCUT2D eigenvalue weighted by atomic mass is 16.6. The quantitative estimate of drug-likeness (QED) is 0.305. The second-order valence-corrected chi connectivity index (χ2v) is 7.04. The van der Waals surface area contributed by atoms with Crippen LogP contribution in [0, 0.1) is 10.1 Å². The standard InChI is InChI=1S/C23H19N3O6/c27-22(28)15-31-18-8-5-6-16(12-18)13-25(14-17-7-1-3-10-20(17)26(29)30)23-24-19-9-2-4-11-21(19)32-23/h1-12H,13-15H2,(H,27,28). The molecular formula is C23H19N3O6. The molecule has 32 heavy (non-hydrogen) atoms. The molecule has 4 aromatic rings. The molecule has 3 aromatic carbocycles. The Hall–Kier alpha value is -4.40. The van der Waals surface area contributed by atoms with Crippen molar-refractivity contribution in [3.8, 4) is 5.75 Å². The summed E-state index contributed by atoms with van der Waals surface area (Å²) in [6.07, 6.45) is 0. The number of oxazole rings is 1. The van der Waals surface area contributed by atoms with E-state index in [0.29, 0.717) is 35.0 Å². The molecule has 0 amide bonds. The van der Waals surface area contributed by atoms with Crippen LogP contribution in [0.2, 0.25) is 0 Å². The van der Waals surface area contributed by atoms with Gasteiger partial charge in [-0.15, -0.1) is 0 Å². The van der Waals surface area contributed by atoms with E-state index < -0.39 is 17.5 Å². The number of benzene rings is 3. The van der Waals surface area contributed by atoms with Gasteiger partial charge in [0.2, 0.25) is 0 Å². The number of ether oxygens (including phenoxy) is 1. The van der Waals surface area contributed by atoms with Gasteiger partial charge < -0.3 is 19.2 Å². The first-order valence-corrected chi connectivity index (χ1v) is 9.76. The summed E-state index contributed by atoms with van der Waals surface area (Å²) < 4.78 is 11.2. The average Bonchev–Trinajstić information content (AvgIpc) is 3.22. The zero-order valence-corrected chi connectivity index (χ0v) is 16.9. The minimum Gasteiger partial charge on any atom is -0.482 e. The Morgan fingerprint density at radius 2 is 1.84 bits per heavy atom. The molecule has 9 nitrogen and oxygen atoms in total. The van der Waals surface area contributed by atoms with E-state index in [1.54, 1.807) is 47.4 Å². The third kappa shape index (κ3) is 4.84. The first-order valence-electron chi connectivity index (χ1n) is 9.76. The number of nitro benzene ring substituents is 1. The molecule has 0 saturated heterocycles. The number of anilines is 1. The van der Waals surface area contributed by atoms with Crippen molar-refractivity contribution in [2.24, 2.45) is 0 Å².